The van der Waals surface area contributed by atoms with Gasteiger partial charge in [0, 0.05) is 31.5 Å². The highest BCUT2D eigenvalue weighted by molar-refractivity contribution is 6.31. The number of benzene rings is 2. The first-order chi connectivity index (χ1) is 15.3. The Labute approximate surface area is 190 Å². The van der Waals surface area contributed by atoms with Gasteiger partial charge in [-0.05, 0) is 30.7 Å². The van der Waals surface area contributed by atoms with Crippen molar-refractivity contribution < 1.29 is 18.7 Å². The minimum Gasteiger partial charge on any atom is -0.496 e. The number of primary amides is 1. The van der Waals surface area contributed by atoms with E-state index in [1.165, 1.54) is 19.5 Å². The van der Waals surface area contributed by atoms with Gasteiger partial charge in [-0.2, -0.15) is 0 Å². The zero-order valence-corrected chi connectivity index (χ0v) is 18.8. The first-order valence-electron chi connectivity index (χ1n) is 9.85. The molecule has 0 saturated heterocycles. The van der Waals surface area contributed by atoms with Crippen LogP contribution in [0.15, 0.2) is 36.7 Å². The summed E-state index contributed by atoms with van der Waals surface area (Å²) in [5, 5.41) is 6.73. The zero-order chi connectivity index (χ0) is 23.3. The smallest absolute Gasteiger partial charge is 0.237 e. The molecule has 3 rings (SSSR count). The highest BCUT2D eigenvalue weighted by Crippen LogP contribution is 2.33. The predicted octanol–water partition coefficient (Wildman–Crippen LogP) is 3.20. The van der Waals surface area contributed by atoms with Gasteiger partial charge in [-0.25, -0.2) is 14.4 Å². The van der Waals surface area contributed by atoms with E-state index in [1.807, 2.05) is 0 Å². The molecule has 0 unspecified atom stereocenters. The van der Waals surface area contributed by atoms with Crippen LogP contribution < -0.4 is 21.1 Å². The maximum absolute atomic E-state index is 14.4. The van der Waals surface area contributed by atoms with Crippen molar-refractivity contribution in [3.63, 3.8) is 0 Å². The number of carbonyl (C=O) groups is 1. The lowest BCUT2D eigenvalue weighted by molar-refractivity contribution is -0.123. The van der Waals surface area contributed by atoms with Crippen molar-refractivity contribution in [2.45, 2.75) is 18.9 Å². The van der Waals surface area contributed by atoms with Crippen LogP contribution in [0.3, 0.4) is 0 Å². The Bertz CT molecular complexity index is 1130. The number of methoxy groups -OCH3 is 2. The van der Waals surface area contributed by atoms with Crippen molar-refractivity contribution in [2.24, 2.45) is 5.73 Å². The lowest BCUT2D eigenvalue weighted by Gasteiger charge is -2.28. The van der Waals surface area contributed by atoms with Crippen LogP contribution in [0.25, 0.3) is 10.9 Å². The molecule has 3 aromatic rings. The van der Waals surface area contributed by atoms with Crippen LogP contribution in [0.4, 0.5) is 15.9 Å². The van der Waals surface area contributed by atoms with Crippen LogP contribution in [-0.2, 0) is 16.0 Å². The van der Waals surface area contributed by atoms with Gasteiger partial charge >= 0.3 is 0 Å². The Hall–Kier alpha value is -3.01. The number of fused-ring (bicyclic) bond motifs is 1. The number of halogens is 2. The number of carbonyl (C=O) groups excluding carboxylic acids is 1. The minimum atomic E-state index is -1.05. The number of hydrogen-bond acceptors (Lipinski definition) is 7. The van der Waals surface area contributed by atoms with Crippen LogP contribution in [-0.4, -0.2) is 48.8 Å². The second-order valence-electron chi connectivity index (χ2n) is 7.42. The number of aromatic nitrogens is 2. The third kappa shape index (κ3) is 5.07. The van der Waals surface area contributed by atoms with E-state index in [9.17, 15) is 9.18 Å². The van der Waals surface area contributed by atoms with Gasteiger partial charge in [0.05, 0.1) is 35.5 Å². The topological polar surface area (TPSA) is 111 Å². The van der Waals surface area contributed by atoms with Gasteiger partial charge in [-0.1, -0.05) is 17.7 Å². The molecule has 4 N–H and O–H groups in total. The number of amides is 1. The quantitative estimate of drug-likeness (QED) is 0.397. The summed E-state index contributed by atoms with van der Waals surface area (Å²) < 4.78 is 25.0. The number of nitrogens with one attached hydrogen (secondary N) is 2. The summed E-state index contributed by atoms with van der Waals surface area (Å²) in [6.45, 7) is 2.58. The lowest BCUT2D eigenvalue weighted by atomic mass is 9.90. The van der Waals surface area contributed by atoms with E-state index >= 15 is 0 Å². The molecule has 32 heavy (non-hydrogen) atoms. The van der Waals surface area contributed by atoms with Crippen molar-refractivity contribution >= 4 is 39.9 Å². The van der Waals surface area contributed by atoms with Crippen molar-refractivity contribution in [3.8, 4) is 5.75 Å². The number of anilines is 2. The van der Waals surface area contributed by atoms with Gasteiger partial charge in [0.25, 0.3) is 0 Å². The Morgan fingerprint density at radius 1 is 1.28 bits per heavy atom. The number of rotatable bonds is 10. The SMILES string of the molecule is COCCN[C@@](C)(Cc1cc2c(Nc3cccc(Cl)c3F)ncnc2cc1OC)C(N)=O. The van der Waals surface area contributed by atoms with E-state index in [0.29, 0.717) is 41.2 Å². The van der Waals surface area contributed by atoms with E-state index in [4.69, 9.17) is 26.8 Å². The molecule has 0 fully saturated rings. The van der Waals surface area contributed by atoms with E-state index in [2.05, 4.69) is 20.6 Å². The summed E-state index contributed by atoms with van der Waals surface area (Å²) in [4.78, 5) is 20.8. The normalized spacial score (nSPS) is 13.0. The molecular weight excluding hydrogens is 437 g/mol. The summed E-state index contributed by atoms with van der Waals surface area (Å²) in [5.41, 5.74) is 6.11. The first kappa shape index (κ1) is 23.6. The molecule has 0 aliphatic rings. The van der Waals surface area contributed by atoms with Crippen molar-refractivity contribution in [1.82, 2.24) is 15.3 Å². The molecule has 1 atom stereocenters. The molecular formula is C22H25ClFN5O3. The average molecular weight is 462 g/mol. The largest absolute Gasteiger partial charge is 0.496 e. The molecule has 8 nitrogen and oxygen atoms in total. The van der Waals surface area contributed by atoms with E-state index in [0.717, 1.165) is 0 Å². The van der Waals surface area contributed by atoms with Crippen LogP contribution in [0, 0.1) is 5.82 Å². The molecule has 0 aliphatic heterocycles. The average Bonchev–Trinajstić information content (AvgIpc) is 2.77. The Balaban J connectivity index is 2.04. The molecule has 170 valence electrons. The summed E-state index contributed by atoms with van der Waals surface area (Å²) >= 11 is 5.89. The summed E-state index contributed by atoms with van der Waals surface area (Å²) in [6.07, 6.45) is 1.61. The summed E-state index contributed by atoms with van der Waals surface area (Å²) in [7, 11) is 3.11. The second-order valence-corrected chi connectivity index (χ2v) is 7.83. The molecule has 1 heterocycles. The molecule has 0 saturated carbocycles. The van der Waals surface area contributed by atoms with Crippen molar-refractivity contribution in [2.75, 3.05) is 32.7 Å². The van der Waals surface area contributed by atoms with Crippen LogP contribution in [0.5, 0.6) is 5.75 Å². The molecule has 1 amide bonds. The summed E-state index contributed by atoms with van der Waals surface area (Å²) in [6, 6.07) is 8.20. The fourth-order valence-electron chi connectivity index (χ4n) is 3.33. The fourth-order valence-corrected chi connectivity index (χ4v) is 3.51. The van der Waals surface area contributed by atoms with Crippen LogP contribution >= 0.6 is 11.6 Å². The third-order valence-corrected chi connectivity index (χ3v) is 5.44. The highest BCUT2D eigenvalue weighted by Gasteiger charge is 2.32. The van der Waals surface area contributed by atoms with Gasteiger partial charge in [0.2, 0.25) is 5.91 Å². The van der Waals surface area contributed by atoms with Crippen LogP contribution in [0.2, 0.25) is 5.02 Å². The van der Waals surface area contributed by atoms with Gasteiger partial charge in [-0.15, -0.1) is 0 Å². The molecule has 10 heteroatoms. The summed E-state index contributed by atoms with van der Waals surface area (Å²) in [5.74, 6) is -0.178. The maximum Gasteiger partial charge on any atom is 0.237 e. The standard InChI is InChI=1S/C22H25ClFN5O3/c1-22(21(25)30,28-7-8-31-2)11-13-9-14-17(10-18(13)32-3)26-12-27-20(14)29-16-6-4-5-15(23)19(16)24/h4-6,9-10,12,28H,7-8,11H2,1-3H3,(H2,25,30)(H,26,27,29)/t22-/m0/s1. The second kappa shape index (κ2) is 10.1. The molecule has 1 aromatic heterocycles. The molecule has 2 aromatic carbocycles. The Morgan fingerprint density at radius 2 is 2.06 bits per heavy atom. The molecule has 0 spiro atoms. The van der Waals surface area contributed by atoms with Gasteiger partial charge in [0.15, 0.2) is 5.82 Å². The van der Waals surface area contributed by atoms with Gasteiger partial charge in [-0.3, -0.25) is 4.79 Å². The maximum atomic E-state index is 14.4. The number of hydrogen-bond donors (Lipinski definition) is 3. The Kier molecular flexibility index (Phi) is 7.44. The van der Waals surface area contributed by atoms with E-state index in [-0.39, 0.29) is 17.1 Å². The van der Waals surface area contributed by atoms with Crippen molar-refractivity contribution in [1.29, 1.82) is 0 Å². The highest BCUT2D eigenvalue weighted by atomic mass is 35.5. The lowest BCUT2D eigenvalue weighted by Crippen LogP contribution is -2.55. The zero-order valence-electron chi connectivity index (χ0n) is 18.0. The fraction of sp³-hybridized carbons (Fsp3) is 0.318. The molecule has 0 radical (unpaired) electrons. The predicted molar refractivity (Wildman–Crippen MR) is 122 cm³/mol. The molecule has 0 aliphatic carbocycles. The van der Waals surface area contributed by atoms with Crippen LogP contribution in [0.1, 0.15) is 12.5 Å². The third-order valence-electron chi connectivity index (χ3n) is 5.15. The monoisotopic (exact) mass is 461 g/mol. The Morgan fingerprint density at radius 3 is 2.75 bits per heavy atom. The van der Waals surface area contributed by atoms with E-state index < -0.39 is 17.3 Å². The van der Waals surface area contributed by atoms with Gasteiger partial charge < -0.3 is 25.8 Å². The first-order valence-corrected chi connectivity index (χ1v) is 10.2. The van der Waals surface area contributed by atoms with Crippen molar-refractivity contribution in [3.05, 3.63) is 53.1 Å². The molecule has 0 bridgehead atoms. The minimum absolute atomic E-state index is 0.00456. The van der Waals surface area contributed by atoms with Gasteiger partial charge in [0.1, 0.15) is 17.9 Å². The number of ether oxygens (including phenoxy) is 2. The number of nitrogens with two attached hydrogens (primary N) is 1. The number of nitrogens with zero attached hydrogens (tertiary/aromatic N) is 2. The van der Waals surface area contributed by atoms with E-state index in [1.54, 1.807) is 38.3 Å².